The molecular formula is C41H68O16S. The van der Waals surface area contributed by atoms with Crippen molar-refractivity contribution in [2.45, 2.75) is 154 Å². The van der Waals surface area contributed by atoms with Crippen LogP contribution in [0.25, 0.3) is 0 Å². The third kappa shape index (κ3) is 7.17. The highest BCUT2D eigenvalue weighted by Crippen LogP contribution is 2.77. The lowest BCUT2D eigenvalue weighted by Crippen LogP contribution is -2.68. The van der Waals surface area contributed by atoms with E-state index in [0.29, 0.717) is 12.8 Å². The quantitative estimate of drug-likeness (QED) is 0.0846. The van der Waals surface area contributed by atoms with Gasteiger partial charge in [0.2, 0.25) is 0 Å². The van der Waals surface area contributed by atoms with Crippen molar-refractivity contribution < 1.29 is 77.0 Å². The maximum absolute atomic E-state index is 12.1. The summed E-state index contributed by atoms with van der Waals surface area (Å²) in [5, 5.41) is 83.3. The number of aliphatic hydroxyl groups excluding tert-OH is 8. The zero-order valence-corrected chi connectivity index (χ0v) is 35.2. The van der Waals surface area contributed by atoms with Gasteiger partial charge in [-0.1, -0.05) is 40.7 Å². The minimum absolute atomic E-state index is 0.00735. The average Bonchev–Trinajstić information content (AvgIpc) is 3.17. The molecule has 6 fully saturated rings. The summed E-state index contributed by atoms with van der Waals surface area (Å²) in [6, 6.07) is 0. The molecule has 58 heavy (non-hydrogen) atoms. The van der Waals surface area contributed by atoms with E-state index in [9.17, 15) is 53.8 Å². The molecule has 2 heterocycles. The number of rotatable bonds is 10. The van der Waals surface area contributed by atoms with Crippen LogP contribution in [0.2, 0.25) is 0 Å². The standard InChI is InChI=1S/C41H68O16S/c1-21-22(17-53-35-34(49)32(47)31(46)25(16-42)56-35)8-13-41(19-43)15-14-39(4)23(29(21)41)6-7-27-37(2)11-10-28(57-36-33(48)30(45)24(44)18-54-36)38(3,20-55-58(50,51)52)26(37)9-12-40(27,39)5/h8,21,23-36,42-49H,6-7,9-20H2,1-5H3,(H,50,51,52). The number of aliphatic hydroxyl groups is 8. The van der Waals surface area contributed by atoms with E-state index in [0.717, 1.165) is 50.5 Å². The first kappa shape index (κ1) is 45.2. The van der Waals surface area contributed by atoms with Crippen LogP contribution in [0.1, 0.15) is 92.4 Å². The summed E-state index contributed by atoms with van der Waals surface area (Å²) in [5.74, 6) is 0.489. The van der Waals surface area contributed by atoms with E-state index in [4.69, 9.17) is 23.1 Å². The van der Waals surface area contributed by atoms with Gasteiger partial charge < -0.3 is 59.8 Å². The average molecular weight is 849 g/mol. The second-order valence-electron chi connectivity index (χ2n) is 20.1. The lowest BCUT2D eigenvalue weighted by Gasteiger charge is -2.74. The van der Waals surface area contributed by atoms with Crippen molar-refractivity contribution in [3.63, 3.8) is 0 Å². The second kappa shape index (κ2) is 16.0. The SMILES string of the molecule is CC1C(COC2OC(CO)C(O)C(O)C2O)=CCC2(CO)CCC3(C)C(CCC4C5(C)CCC(OC6OCC(O)C(O)C6O)C(C)(COS(=O)(=O)O)C5CCC43C)C12. The Kier molecular flexibility index (Phi) is 12.5. The van der Waals surface area contributed by atoms with Crippen LogP contribution >= 0.6 is 0 Å². The molecule has 2 aliphatic heterocycles. The van der Waals surface area contributed by atoms with Gasteiger partial charge in [0.25, 0.3) is 0 Å². The van der Waals surface area contributed by atoms with Gasteiger partial charge in [0.15, 0.2) is 12.6 Å². The lowest BCUT2D eigenvalue weighted by atomic mass is 9.31. The molecule has 9 N–H and O–H groups in total. The molecule has 0 aromatic rings. The fraction of sp³-hybridized carbons (Fsp3) is 0.951. The van der Waals surface area contributed by atoms with Gasteiger partial charge in [-0.2, -0.15) is 8.42 Å². The maximum atomic E-state index is 12.1. The highest BCUT2D eigenvalue weighted by atomic mass is 32.3. The summed E-state index contributed by atoms with van der Waals surface area (Å²) in [4.78, 5) is 0. The van der Waals surface area contributed by atoms with Crippen LogP contribution in [-0.2, 0) is 33.5 Å². The fourth-order valence-corrected chi connectivity index (χ4v) is 14.7. The van der Waals surface area contributed by atoms with Crippen molar-refractivity contribution in [2.24, 2.45) is 56.7 Å². The first-order valence-electron chi connectivity index (χ1n) is 21.3. The summed E-state index contributed by atoms with van der Waals surface area (Å²) in [6.45, 7) is 10.3. The Balaban J connectivity index is 1.14. The van der Waals surface area contributed by atoms with Gasteiger partial charge in [0, 0.05) is 17.4 Å². The van der Waals surface area contributed by atoms with E-state index < -0.39 is 83.8 Å². The van der Waals surface area contributed by atoms with Gasteiger partial charge in [-0.05, 0) is 109 Å². The third-order valence-corrected chi connectivity index (χ3v) is 18.1. The van der Waals surface area contributed by atoms with Crippen molar-refractivity contribution in [1.29, 1.82) is 0 Å². The molecule has 20 atom stereocenters. The predicted molar refractivity (Wildman–Crippen MR) is 205 cm³/mol. The molecule has 0 radical (unpaired) electrons. The van der Waals surface area contributed by atoms with Crippen LogP contribution in [0.4, 0.5) is 0 Å². The minimum atomic E-state index is -4.81. The number of fused-ring (bicyclic) bond motifs is 7. The zero-order chi connectivity index (χ0) is 42.4. The molecule has 7 rings (SSSR count). The van der Waals surface area contributed by atoms with E-state index in [-0.39, 0.29) is 77.7 Å². The van der Waals surface area contributed by atoms with Crippen LogP contribution in [0.15, 0.2) is 11.6 Å². The Morgan fingerprint density at radius 3 is 2.19 bits per heavy atom. The maximum Gasteiger partial charge on any atom is 0.397 e. The molecule has 17 heteroatoms. The topological polar surface area (TPSA) is 262 Å². The molecule has 7 aliphatic rings. The van der Waals surface area contributed by atoms with Gasteiger partial charge in [0.1, 0.15) is 42.7 Å². The Morgan fingerprint density at radius 1 is 0.810 bits per heavy atom. The number of hydrogen-bond donors (Lipinski definition) is 9. The van der Waals surface area contributed by atoms with Crippen molar-refractivity contribution in [2.75, 3.05) is 33.0 Å². The van der Waals surface area contributed by atoms with Crippen LogP contribution in [0.3, 0.4) is 0 Å². The molecule has 4 saturated carbocycles. The highest BCUT2D eigenvalue weighted by Gasteiger charge is 2.71. The smallest absolute Gasteiger partial charge is 0.396 e. The Morgan fingerprint density at radius 2 is 1.52 bits per heavy atom. The van der Waals surface area contributed by atoms with Crippen molar-refractivity contribution in [3.05, 3.63) is 11.6 Å². The number of hydrogen-bond acceptors (Lipinski definition) is 15. The molecule has 0 spiro atoms. The molecule has 5 aliphatic carbocycles. The van der Waals surface area contributed by atoms with Crippen LogP contribution in [-0.4, -0.2) is 148 Å². The zero-order valence-electron chi connectivity index (χ0n) is 34.4. The van der Waals surface area contributed by atoms with Crippen LogP contribution < -0.4 is 0 Å². The molecule has 2 saturated heterocycles. The molecule has 0 amide bonds. The van der Waals surface area contributed by atoms with Gasteiger partial charge in [-0.15, -0.1) is 0 Å². The summed E-state index contributed by atoms with van der Waals surface area (Å²) < 4.78 is 62.8. The van der Waals surface area contributed by atoms with E-state index in [1.54, 1.807) is 0 Å². The Hall–Kier alpha value is -0.870. The van der Waals surface area contributed by atoms with E-state index >= 15 is 0 Å². The summed E-state index contributed by atoms with van der Waals surface area (Å²) in [5.41, 5.74) is -0.833. The second-order valence-corrected chi connectivity index (χ2v) is 21.2. The van der Waals surface area contributed by atoms with E-state index in [1.165, 1.54) is 0 Å². The molecule has 0 aromatic heterocycles. The summed E-state index contributed by atoms with van der Waals surface area (Å²) in [7, 11) is -4.81. The van der Waals surface area contributed by atoms with E-state index in [1.807, 2.05) is 6.92 Å². The predicted octanol–water partition coefficient (Wildman–Crippen LogP) is 1.06. The minimum Gasteiger partial charge on any atom is -0.396 e. The van der Waals surface area contributed by atoms with Crippen molar-refractivity contribution >= 4 is 10.4 Å². The van der Waals surface area contributed by atoms with Crippen molar-refractivity contribution in [3.8, 4) is 0 Å². The van der Waals surface area contributed by atoms with Gasteiger partial charge >= 0.3 is 10.4 Å². The van der Waals surface area contributed by atoms with Crippen LogP contribution in [0.5, 0.6) is 0 Å². The van der Waals surface area contributed by atoms with Gasteiger partial charge in [-0.25, -0.2) is 4.18 Å². The Bertz CT molecular complexity index is 1630. The van der Waals surface area contributed by atoms with Crippen LogP contribution in [0, 0.1) is 56.7 Å². The molecule has 20 unspecified atom stereocenters. The largest absolute Gasteiger partial charge is 0.397 e. The number of ether oxygens (including phenoxy) is 4. The summed E-state index contributed by atoms with van der Waals surface area (Å²) >= 11 is 0. The molecule has 0 aromatic carbocycles. The molecule has 334 valence electrons. The number of allylic oxidation sites excluding steroid dienone is 1. The third-order valence-electron chi connectivity index (χ3n) is 17.7. The molecule has 0 bridgehead atoms. The molecule has 16 nitrogen and oxygen atoms in total. The highest BCUT2D eigenvalue weighted by molar-refractivity contribution is 7.80. The van der Waals surface area contributed by atoms with E-state index in [2.05, 4.69) is 33.8 Å². The first-order valence-corrected chi connectivity index (χ1v) is 22.6. The van der Waals surface area contributed by atoms with Crippen molar-refractivity contribution in [1.82, 2.24) is 0 Å². The monoisotopic (exact) mass is 848 g/mol. The first-order chi connectivity index (χ1) is 27.1. The molecular weight excluding hydrogens is 781 g/mol. The normalized spacial score (nSPS) is 53.4. The lowest BCUT2D eigenvalue weighted by molar-refractivity contribution is -0.316. The van der Waals surface area contributed by atoms with Gasteiger partial charge in [-0.3, -0.25) is 4.55 Å². The Labute approximate surface area is 341 Å². The summed E-state index contributed by atoms with van der Waals surface area (Å²) in [6.07, 6.45) is -3.88. The fourth-order valence-electron chi connectivity index (χ4n) is 14.3. The van der Waals surface area contributed by atoms with Gasteiger partial charge in [0.05, 0.1) is 32.5 Å².